The third kappa shape index (κ3) is 1.49. The third-order valence-corrected chi connectivity index (χ3v) is 4.30. The van der Waals surface area contributed by atoms with Gasteiger partial charge in [-0.2, -0.15) is 0 Å². The average molecular weight is 263 g/mol. The van der Waals surface area contributed by atoms with E-state index in [9.17, 15) is 0 Å². The first-order valence-electron chi connectivity index (χ1n) is 7.22. The molecular weight excluding hydrogens is 252 g/mol. The van der Waals surface area contributed by atoms with Crippen molar-refractivity contribution in [3.8, 4) is 0 Å². The maximum Gasteiger partial charge on any atom is 0.197 e. The zero-order valence-corrected chi connectivity index (χ0v) is 11.5. The van der Waals surface area contributed by atoms with E-state index < -0.39 is 0 Å². The Morgan fingerprint density at radius 3 is 1.57 bits per heavy atom. The number of hydrogen-bond donors (Lipinski definition) is 0. The first-order chi connectivity index (χ1) is 10.4. The highest BCUT2D eigenvalue weighted by Gasteiger charge is 2.31. The topological polar surface area (TPSA) is 3.24 Å². The van der Waals surface area contributed by atoms with Crippen molar-refractivity contribution in [2.75, 3.05) is 4.90 Å². The molecule has 0 amide bonds. The van der Waals surface area contributed by atoms with Crippen molar-refractivity contribution < 1.29 is 0 Å². The van der Waals surface area contributed by atoms with Crippen LogP contribution in [0.25, 0.3) is 0 Å². The molecule has 21 heavy (non-hydrogen) atoms. The van der Waals surface area contributed by atoms with Crippen LogP contribution in [-0.2, 0) is 0 Å². The molecule has 3 aromatic carbocycles. The van der Waals surface area contributed by atoms with Crippen LogP contribution in [0.4, 0.5) is 17.1 Å². The molecule has 0 saturated carbocycles. The molecule has 94 valence electrons. The molecule has 0 spiro atoms. The molecule has 1 nitrogen and oxygen atoms in total. The van der Waals surface area contributed by atoms with Gasteiger partial charge in [0.1, 0.15) is 0 Å². The van der Waals surface area contributed by atoms with E-state index in [-0.39, 0.29) is 0 Å². The molecule has 2 aliphatic heterocycles. The van der Waals surface area contributed by atoms with Crippen molar-refractivity contribution in [2.24, 2.45) is 0 Å². The van der Waals surface area contributed by atoms with Crippen molar-refractivity contribution in [2.45, 2.75) is 0 Å². The monoisotopic (exact) mass is 263 g/mol. The van der Waals surface area contributed by atoms with Gasteiger partial charge < -0.3 is 4.90 Å². The Balaban J connectivity index is 1.88. The van der Waals surface area contributed by atoms with Gasteiger partial charge in [0.25, 0.3) is 0 Å². The largest absolute Gasteiger partial charge is 0.313 e. The Labute approximate surface area is 125 Å². The van der Waals surface area contributed by atoms with E-state index in [1.807, 2.05) is 0 Å². The van der Waals surface area contributed by atoms with Gasteiger partial charge in [0.15, 0.2) is 14.6 Å². The van der Waals surface area contributed by atoms with E-state index in [1.54, 1.807) is 0 Å². The molecule has 0 bridgehead atoms. The van der Waals surface area contributed by atoms with Crippen LogP contribution in [0.2, 0.25) is 0 Å². The smallest absolute Gasteiger partial charge is 0.197 e. The Morgan fingerprint density at radius 2 is 1.00 bits per heavy atom. The van der Waals surface area contributed by atoms with Crippen molar-refractivity contribution in [1.29, 1.82) is 0 Å². The van der Waals surface area contributed by atoms with Gasteiger partial charge in [-0.05, 0) is 12.1 Å². The zero-order valence-electron chi connectivity index (χ0n) is 11.5. The molecule has 0 saturated heterocycles. The second-order valence-corrected chi connectivity index (χ2v) is 5.53. The van der Waals surface area contributed by atoms with Crippen LogP contribution >= 0.6 is 0 Å². The maximum absolute atomic E-state index is 2.40. The highest BCUT2D eigenvalue weighted by Crippen LogP contribution is 2.34. The minimum atomic E-state index is 1.26. The second kappa shape index (κ2) is 4.05. The van der Waals surface area contributed by atoms with Crippen LogP contribution in [0.3, 0.4) is 0 Å². The lowest BCUT2D eigenvalue weighted by Crippen LogP contribution is -2.50. The number of benzene rings is 3. The summed E-state index contributed by atoms with van der Waals surface area (Å²) in [5.41, 5.74) is 8.96. The fourth-order valence-electron chi connectivity index (χ4n) is 3.40. The summed E-state index contributed by atoms with van der Waals surface area (Å²) in [7, 11) is 4.57. The van der Waals surface area contributed by atoms with Crippen molar-refractivity contribution in [1.82, 2.24) is 0 Å². The Hall–Kier alpha value is -2.41. The van der Waals surface area contributed by atoms with E-state index in [2.05, 4.69) is 86.2 Å². The minimum absolute atomic E-state index is 1.26. The molecule has 3 aromatic rings. The summed E-state index contributed by atoms with van der Waals surface area (Å²) in [4.78, 5) is 2.40. The second-order valence-electron chi connectivity index (χ2n) is 5.53. The summed E-state index contributed by atoms with van der Waals surface area (Å²) in [6.45, 7) is 0. The van der Waals surface area contributed by atoms with Gasteiger partial charge in [-0.3, -0.25) is 0 Å². The highest BCUT2D eigenvalue weighted by molar-refractivity contribution is 6.77. The van der Waals surface area contributed by atoms with Crippen LogP contribution in [0.5, 0.6) is 0 Å². The average Bonchev–Trinajstić information content (AvgIpc) is 2.54. The molecule has 0 aliphatic carbocycles. The summed E-state index contributed by atoms with van der Waals surface area (Å²) in [6.07, 6.45) is 0. The molecule has 0 N–H and O–H groups in total. The molecule has 3 heteroatoms. The van der Waals surface area contributed by atoms with Crippen LogP contribution < -0.4 is 26.8 Å². The molecule has 0 fully saturated rings. The number of fused-ring (bicyclic) bond motifs is 4. The molecular formula is C18H11B2N. The first-order valence-corrected chi connectivity index (χ1v) is 7.22. The molecule has 2 radical (unpaired) electrons. The zero-order chi connectivity index (χ0) is 13.8. The van der Waals surface area contributed by atoms with Gasteiger partial charge in [0.2, 0.25) is 0 Å². The van der Waals surface area contributed by atoms with Crippen molar-refractivity contribution in [3.63, 3.8) is 0 Å². The van der Waals surface area contributed by atoms with Gasteiger partial charge in [0.05, 0.1) is 0 Å². The van der Waals surface area contributed by atoms with E-state index in [0.29, 0.717) is 0 Å². The Kier molecular flexibility index (Phi) is 2.17. The number of rotatable bonds is 0. The fraction of sp³-hybridized carbons (Fsp3) is 0. The number of nitrogens with zero attached hydrogens (tertiary/aromatic N) is 1. The Bertz CT molecular complexity index is 805. The van der Waals surface area contributed by atoms with Gasteiger partial charge in [-0.15, -0.1) is 0 Å². The van der Waals surface area contributed by atoms with E-state index >= 15 is 0 Å². The molecule has 5 rings (SSSR count). The normalized spacial score (nSPS) is 13.4. The third-order valence-electron chi connectivity index (χ3n) is 4.30. The number of para-hydroxylation sites is 3. The minimum Gasteiger partial charge on any atom is -0.313 e. The first kappa shape index (κ1) is 11.3. The summed E-state index contributed by atoms with van der Waals surface area (Å²) in [5.74, 6) is 0. The van der Waals surface area contributed by atoms with E-state index in [0.717, 1.165) is 0 Å². The van der Waals surface area contributed by atoms with Crippen LogP contribution in [-0.4, -0.2) is 14.6 Å². The van der Waals surface area contributed by atoms with Gasteiger partial charge in [-0.1, -0.05) is 76.4 Å². The standard InChI is InChI=1S/C18H11B2N/c1-3-10-16-12(6-1)19-14-8-5-9-15-18(14)21(16)17-11-4-2-7-13(17)20-15/h1-11H. The SMILES string of the molecule is [B]1c2ccccc2N2c3ccccc3[B]c3cccc1c32. The molecule has 0 aromatic heterocycles. The highest BCUT2D eigenvalue weighted by atomic mass is 15.2. The van der Waals surface area contributed by atoms with Crippen molar-refractivity contribution >= 4 is 53.5 Å². The summed E-state index contributed by atoms with van der Waals surface area (Å²) in [5, 5.41) is 0. The predicted molar refractivity (Wildman–Crippen MR) is 91.2 cm³/mol. The summed E-state index contributed by atoms with van der Waals surface area (Å²) < 4.78 is 0. The summed E-state index contributed by atoms with van der Waals surface area (Å²) >= 11 is 0. The lowest BCUT2D eigenvalue weighted by molar-refractivity contribution is 1.31. The molecule has 2 aliphatic rings. The van der Waals surface area contributed by atoms with Crippen LogP contribution in [0.15, 0.2) is 66.7 Å². The molecule has 2 heterocycles. The quantitative estimate of drug-likeness (QED) is 0.378. The maximum atomic E-state index is 2.40. The Morgan fingerprint density at radius 1 is 0.524 bits per heavy atom. The molecule has 0 unspecified atom stereocenters. The van der Waals surface area contributed by atoms with Gasteiger partial charge in [-0.25, -0.2) is 0 Å². The van der Waals surface area contributed by atoms with Crippen LogP contribution in [0, 0.1) is 0 Å². The number of anilines is 3. The van der Waals surface area contributed by atoms with Gasteiger partial charge >= 0.3 is 0 Å². The predicted octanol–water partition coefficient (Wildman–Crippen LogP) is 1.09. The van der Waals surface area contributed by atoms with E-state index in [4.69, 9.17) is 0 Å². The lowest BCUT2D eigenvalue weighted by Gasteiger charge is -2.39. The lowest BCUT2D eigenvalue weighted by atomic mass is 9.53. The fourth-order valence-corrected chi connectivity index (χ4v) is 3.40. The molecule has 0 atom stereocenters. The number of hydrogen-bond acceptors (Lipinski definition) is 1. The summed E-state index contributed by atoms with van der Waals surface area (Å²) in [6, 6.07) is 23.7. The van der Waals surface area contributed by atoms with Gasteiger partial charge in [0, 0.05) is 17.1 Å². The van der Waals surface area contributed by atoms with Crippen molar-refractivity contribution in [3.05, 3.63) is 66.7 Å². The van der Waals surface area contributed by atoms with E-state index in [1.165, 1.54) is 38.9 Å². The van der Waals surface area contributed by atoms with Crippen LogP contribution in [0.1, 0.15) is 0 Å².